The second-order valence-electron chi connectivity index (χ2n) is 6.82. The normalized spacial score (nSPS) is 16.6. The Hall–Kier alpha value is -0.0800. The Kier molecular flexibility index (Phi) is 7.34. The Morgan fingerprint density at radius 2 is 1.59 bits per heavy atom. The molecule has 0 spiro atoms. The lowest BCUT2D eigenvalue weighted by Gasteiger charge is -2.33. The summed E-state index contributed by atoms with van der Waals surface area (Å²) in [5.74, 6) is 0.732. The van der Waals surface area contributed by atoms with Gasteiger partial charge in [0.2, 0.25) is 0 Å². The number of hydrogen-bond acceptors (Lipinski definition) is 2. The summed E-state index contributed by atoms with van der Waals surface area (Å²) in [4.78, 5) is 2.52. The van der Waals surface area contributed by atoms with Crippen molar-refractivity contribution in [2.45, 2.75) is 78.9 Å². The van der Waals surface area contributed by atoms with Crippen molar-refractivity contribution in [1.29, 1.82) is 0 Å². The number of hydrogen-bond donors (Lipinski definition) is 1. The summed E-state index contributed by atoms with van der Waals surface area (Å²) >= 11 is 0. The molecule has 0 aliphatic heterocycles. The lowest BCUT2D eigenvalue weighted by molar-refractivity contribution is 0.149. The van der Waals surface area contributed by atoms with E-state index >= 15 is 0 Å². The molecule has 17 heavy (non-hydrogen) atoms. The molecule has 2 nitrogen and oxygen atoms in total. The van der Waals surface area contributed by atoms with Crippen molar-refractivity contribution in [2.75, 3.05) is 13.6 Å². The summed E-state index contributed by atoms with van der Waals surface area (Å²) in [6.45, 7) is 17.1. The summed E-state index contributed by atoms with van der Waals surface area (Å²) < 4.78 is 0. The molecular weight excluding hydrogens is 208 g/mol. The van der Waals surface area contributed by atoms with Crippen LogP contribution in [0.3, 0.4) is 0 Å². The van der Waals surface area contributed by atoms with Crippen LogP contribution in [0, 0.1) is 5.92 Å². The number of rotatable bonds is 7. The van der Waals surface area contributed by atoms with Crippen LogP contribution in [0.4, 0.5) is 0 Å². The third-order valence-corrected chi connectivity index (χ3v) is 3.76. The maximum Gasteiger partial charge on any atom is 0.00965 e. The maximum atomic E-state index is 3.55. The maximum absolute atomic E-state index is 3.55. The molecule has 2 atom stereocenters. The van der Waals surface area contributed by atoms with Crippen molar-refractivity contribution in [1.82, 2.24) is 10.2 Å². The Bertz CT molecular complexity index is 194. The summed E-state index contributed by atoms with van der Waals surface area (Å²) in [6.07, 6.45) is 2.53. The quantitative estimate of drug-likeness (QED) is 0.687. The van der Waals surface area contributed by atoms with E-state index in [1.807, 2.05) is 0 Å². The molecule has 2 heteroatoms. The van der Waals surface area contributed by atoms with Gasteiger partial charge in [-0.25, -0.2) is 0 Å². The van der Waals surface area contributed by atoms with Gasteiger partial charge in [0.05, 0.1) is 0 Å². The van der Waals surface area contributed by atoms with Gasteiger partial charge >= 0.3 is 0 Å². The highest BCUT2D eigenvalue weighted by Crippen LogP contribution is 2.14. The molecule has 0 aliphatic rings. The second-order valence-corrected chi connectivity index (χ2v) is 6.82. The van der Waals surface area contributed by atoms with Gasteiger partial charge in [-0.2, -0.15) is 0 Å². The first-order valence-electron chi connectivity index (χ1n) is 7.12. The molecule has 0 amide bonds. The summed E-state index contributed by atoms with van der Waals surface area (Å²) in [5, 5.41) is 3.55. The zero-order valence-electron chi connectivity index (χ0n) is 13.3. The molecule has 0 bridgehead atoms. The van der Waals surface area contributed by atoms with Crippen LogP contribution < -0.4 is 5.32 Å². The molecule has 0 fully saturated rings. The van der Waals surface area contributed by atoms with E-state index in [1.165, 1.54) is 12.8 Å². The van der Waals surface area contributed by atoms with Crippen molar-refractivity contribution >= 4 is 0 Å². The van der Waals surface area contributed by atoms with E-state index in [1.54, 1.807) is 0 Å². The van der Waals surface area contributed by atoms with Gasteiger partial charge in [-0.3, -0.25) is 0 Å². The molecule has 0 aromatic rings. The largest absolute Gasteiger partial charge is 0.312 e. The van der Waals surface area contributed by atoms with Crippen LogP contribution in [0.1, 0.15) is 61.3 Å². The van der Waals surface area contributed by atoms with Crippen molar-refractivity contribution in [3.8, 4) is 0 Å². The molecular formula is C15H34N2. The van der Waals surface area contributed by atoms with Gasteiger partial charge in [-0.05, 0) is 67.0 Å². The average Bonchev–Trinajstić information content (AvgIpc) is 2.20. The molecule has 0 saturated heterocycles. The number of nitrogens with one attached hydrogen (secondary N) is 1. The molecule has 0 saturated carbocycles. The monoisotopic (exact) mass is 242 g/mol. The van der Waals surface area contributed by atoms with Crippen LogP contribution in [0.15, 0.2) is 0 Å². The van der Waals surface area contributed by atoms with Crippen molar-refractivity contribution in [3.63, 3.8) is 0 Å². The predicted octanol–water partition coefficient (Wildman–Crippen LogP) is 3.52. The third-order valence-electron chi connectivity index (χ3n) is 3.76. The topological polar surface area (TPSA) is 15.3 Å². The standard InChI is InChI=1S/C15H34N2/c1-12(2)14(4)17(8)13(3)10-9-11-16-15(5,6)7/h12-14,16H,9-11H2,1-8H3. The fourth-order valence-corrected chi connectivity index (χ4v) is 1.94. The van der Waals surface area contributed by atoms with Crippen LogP contribution in [0.25, 0.3) is 0 Å². The number of nitrogens with zero attached hydrogens (tertiary/aromatic N) is 1. The van der Waals surface area contributed by atoms with Gasteiger partial charge in [-0.1, -0.05) is 13.8 Å². The predicted molar refractivity (Wildman–Crippen MR) is 78.5 cm³/mol. The lowest BCUT2D eigenvalue weighted by Crippen LogP contribution is -2.41. The zero-order chi connectivity index (χ0) is 13.6. The Labute approximate surface area is 109 Å². The van der Waals surface area contributed by atoms with Crippen molar-refractivity contribution < 1.29 is 0 Å². The molecule has 2 unspecified atom stereocenters. The first kappa shape index (κ1) is 16.9. The molecule has 1 N–H and O–H groups in total. The summed E-state index contributed by atoms with van der Waals surface area (Å²) in [5.41, 5.74) is 0.250. The van der Waals surface area contributed by atoms with Gasteiger partial charge in [0.1, 0.15) is 0 Å². The van der Waals surface area contributed by atoms with E-state index in [9.17, 15) is 0 Å². The Morgan fingerprint density at radius 3 is 2.00 bits per heavy atom. The van der Waals surface area contributed by atoms with E-state index in [2.05, 4.69) is 65.7 Å². The van der Waals surface area contributed by atoms with E-state index < -0.39 is 0 Å². The Balaban J connectivity index is 3.82. The molecule has 0 aromatic heterocycles. The van der Waals surface area contributed by atoms with Crippen molar-refractivity contribution in [3.05, 3.63) is 0 Å². The zero-order valence-corrected chi connectivity index (χ0v) is 13.3. The average molecular weight is 242 g/mol. The van der Waals surface area contributed by atoms with Crippen molar-refractivity contribution in [2.24, 2.45) is 5.92 Å². The highest BCUT2D eigenvalue weighted by Gasteiger charge is 2.18. The van der Waals surface area contributed by atoms with Crippen LogP contribution in [0.2, 0.25) is 0 Å². The highest BCUT2D eigenvalue weighted by atomic mass is 15.2. The molecule has 0 radical (unpaired) electrons. The van der Waals surface area contributed by atoms with Gasteiger partial charge in [0.15, 0.2) is 0 Å². The Morgan fingerprint density at radius 1 is 1.06 bits per heavy atom. The minimum Gasteiger partial charge on any atom is -0.312 e. The first-order chi connectivity index (χ1) is 7.65. The van der Waals surface area contributed by atoms with Crippen LogP contribution in [-0.4, -0.2) is 36.1 Å². The van der Waals surface area contributed by atoms with E-state index in [0.29, 0.717) is 12.1 Å². The van der Waals surface area contributed by atoms with Gasteiger partial charge in [0.25, 0.3) is 0 Å². The van der Waals surface area contributed by atoms with E-state index in [0.717, 1.165) is 12.5 Å². The van der Waals surface area contributed by atoms with E-state index in [-0.39, 0.29) is 5.54 Å². The smallest absolute Gasteiger partial charge is 0.00965 e. The second kappa shape index (κ2) is 7.38. The lowest BCUT2D eigenvalue weighted by atomic mass is 10.0. The molecule has 0 aromatic carbocycles. The molecule has 104 valence electrons. The van der Waals surface area contributed by atoms with Gasteiger partial charge in [-0.15, -0.1) is 0 Å². The first-order valence-corrected chi connectivity index (χ1v) is 7.12. The van der Waals surface area contributed by atoms with Crippen LogP contribution in [0.5, 0.6) is 0 Å². The van der Waals surface area contributed by atoms with Crippen LogP contribution in [-0.2, 0) is 0 Å². The molecule has 0 rings (SSSR count). The fraction of sp³-hybridized carbons (Fsp3) is 1.00. The van der Waals surface area contributed by atoms with E-state index in [4.69, 9.17) is 0 Å². The minimum absolute atomic E-state index is 0.250. The van der Waals surface area contributed by atoms with Crippen LogP contribution >= 0.6 is 0 Å². The minimum atomic E-state index is 0.250. The SMILES string of the molecule is CC(C)C(C)N(C)C(C)CCCNC(C)(C)C. The summed E-state index contributed by atoms with van der Waals surface area (Å²) in [6, 6.07) is 1.34. The third kappa shape index (κ3) is 7.77. The molecule has 0 heterocycles. The fourth-order valence-electron chi connectivity index (χ4n) is 1.94. The summed E-state index contributed by atoms with van der Waals surface area (Å²) in [7, 11) is 2.26. The van der Waals surface area contributed by atoms with Gasteiger partial charge in [0, 0.05) is 17.6 Å². The van der Waals surface area contributed by atoms with Gasteiger partial charge < -0.3 is 10.2 Å². The highest BCUT2D eigenvalue weighted by molar-refractivity contribution is 4.74. The molecule has 0 aliphatic carbocycles.